The van der Waals surface area contributed by atoms with Crippen LogP contribution in [0.1, 0.15) is 111 Å². The van der Waals surface area contributed by atoms with Gasteiger partial charge in [-0.05, 0) is 78.1 Å². The van der Waals surface area contributed by atoms with Gasteiger partial charge < -0.3 is 48.1 Å². The van der Waals surface area contributed by atoms with Crippen LogP contribution in [0.4, 0.5) is 0 Å². The first kappa shape index (κ1) is 57.6. The molecule has 2 bridgehead atoms. The van der Waals surface area contributed by atoms with Gasteiger partial charge in [0.2, 0.25) is 11.8 Å². The van der Waals surface area contributed by atoms with Crippen LogP contribution in [-0.2, 0) is 56.6 Å². The van der Waals surface area contributed by atoms with Gasteiger partial charge in [-0.25, -0.2) is 4.67 Å². The fourth-order valence-corrected chi connectivity index (χ4v) is 9.92. The van der Waals surface area contributed by atoms with Gasteiger partial charge in [-0.1, -0.05) is 17.8 Å². The maximum absolute atomic E-state index is 14.6. The summed E-state index contributed by atoms with van der Waals surface area (Å²) in [4.78, 5) is 54.6. The summed E-state index contributed by atoms with van der Waals surface area (Å²) in [5.41, 5.74) is -1.93. The Morgan fingerprint density at radius 3 is 1.58 bits per heavy atom. The van der Waals surface area contributed by atoms with Gasteiger partial charge >= 0.3 is 0 Å². The molecular formula is C48H75N4O12P. The minimum absolute atomic E-state index is 0.0112. The topological polar surface area (TPSA) is 193 Å². The molecule has 364 valence electrons. The van der Waals surface area contributed by atoms with Gasteiger partial charge in [0.25, 0.3) is 8.53 Å². The normalized spacial score (nSPS) is 17.9. The number of nitrogens with zero attached hydrogens (tertiary/aromatic N) is 2. The molecule has 0 aromatic heterocycles. The van der Waals surface area contributed by atoms with Gasteiger partial charge in [-0.2, -0.15) is 5.26 Å². The summed E-state index contributed by atoms with van der Waals surface area (Å²) in [6, 6.07) is 2.40. The van der Waals surface area contributed by atoms with Crippen LogP contribution in [0.15, 0.2) is 0 Å². The molecule has 3 aliphatic carbocycles. The molecule has 2 amide bonds. The van der Waals surface area contributed by atoms with Crippen molar-refractivity contribution in [3.63, 3.8) is 0 Å². The Kier molecular flexibility index (Phi) is 29.3. The molecule has 0 aromatic carbocycles. The average molecular weight is 931 g/mol. The van der Waals surface area contributed by atoms with E-state index in [2.05, 4.69) is 66.8 Å². The van der Waals surface area contributed by atoms with Crippen molar-refractivity contribution in [2.45, 2.75) is 129 Å². The van der Waals surface area contributed by atoms with E-state index in [1.807, 2.05) is 0 Å². The number of terminal acetylenes is 3. The second kappa shape index (κ2) is 33.1. The fraction of sp³-hybridized carbons (Fsp3) is 0.771. The van der Waals surface area contributed by atoms with Gasteiger partial charge in [0.15, 0.2) is 0 Å². The van der Waals surface area contributed by atoms with E-state index in [1.165, 1.54) is 0 Å². The first-order chi connectivity index (χ1) is 31.3. The molecule has 65 heavy (non-hydrogen) atoms. The average Bonchev–Trinajstić information content (AvgIpc) is 3.24. The van der Waals surface area contributed by atoms with Crippen molar-refractivity contribution >= 4 is 31.9 Å². The van der Waals surface area contributed by atoms with Crippen LogP contribution in [0.5, 0.6) is 0 Å². The van der Waals surface area contributed by atoms with Gasteiger partial charge in [-0.15, -0.1) is 19.3 Å². The molecule has 0 saturated heterocycles. The lowest BCUT2D eigenvalue weighted by molar-refractivity contribution is -0.238. The van der Waals surface area contributed by atoms with Crippen LogP contribution >= 0.6 is 8.53 Å². The highest BCUT2D eigenvalue weighted by Crippen LogP contribution is 2.74. The van der Waals surface area contributed by atoms with Crippen LogP contribution in [0.3, 0.4) is 0 Å². The second-order valence-corrected chi connectivity index (χ2v) is 18.6. The highest BCUT2D eigenvalue weighted by Gasteiger charge is 2.73. The standard InChI is InChI=1S/C48H75N4O12P/c1-8-23-57-30-33-60-26-11-13-42(53)14-17-46(18-15-44(55)50-21-28-61-34-31-58-24-9-2,19-16-45(56)51-22-29-62-35-32-59-25-10-3)36-43(54)47-37-48(38-47,39-47)64-65(63-27-12-20-49)52(40(4)5)41(6)7/h1-3,40-41H,11-19,21-39H2,4-7H3,(H,50,55)(H,51,56). The van der Waals surface area contributed by atoms with Gasteiger partial charge in [-0.3, -0.25) is 19.2 Å². The molecule has 16 nitrogen and oxygen atoms in total. The zero-order valence-electron chi connectivity index (χ0n) is 39.4. The number of nitrogens with one attached hydrogen (secondary N) is 2. The number of hydrogen-bond acceptors (Lipinski definition) is 14. The van der Waals surface area contributed by atoms with E-state index in [0.717, 1.165) is 0 Å². The molecule has 0 radical (unpaired) electrons. The minimum Gasteiger partial charge on any atom is -0.379 e. The van der Waals surface area contributed by atoms with Crippen molar-refractivity contribution in [3.05, 3.63) is 0 Å². The third kappa shape index (κ3) is 22.7. The number of hydrogen-bond donors (Lipinski definition) is 2. The van der Waals surface area contributed by atoms with Gasteiger partial charge in [0.05, 0.1) is 77.6 Å². The Morgan fingerprint density at radius 1 is 0.662 bits per heavy atom. The monoisotopic (exact) mass is 931 g/mol. The summed E-state index contributed by atoms with van der Waals surface area (Å²) in [6.45, 7) is 12.7. The first-order valence-corrected chi connectivity index (χ1v) is 24.1. The van der Waals surface area contributed by atoms with E-state index in [4.69, 9.17) is 56.7 Å². The maximum atomic E-state index is 14.6. The smallest absolute Gasteiger partial charge is 0.259 e. The lowest BCUT2D eigenvalue weighted by Gasteiger charge is -2.69. The van der Waals surface area contributed by atoms with E-state index in [-0.39, 0.29) is 127 Å². The number of carbonyl (C=O) groups excluding carboxylic acids is 4. The van der Waals surface area contributed by atoms with Crippen LogP contribution in [0, 0.1) is 59.2 Å². The molecule has 2 N–H and O–H groups in total. The van der Waals surface area contributed by atoms with Crippen molar-refractivity contribution in [2.75, 3.05) is 99.0 Å². The Labute approximate surface area is 389 Å². The number of Topliss-reactive ketones (excluding diaryl/α,β-unsaturated/α-hetero) is 2. The van der Waals surface area contributed by atoms with E-state index in [1.54, 1.807) is 0 Å². The molecule has 0 spiro atoms. The molecule has 1 unspecified atom stereocenters. The largest absolute Gasteiger partial charge is 0.379 e. The highest BCUT2D eigenvalue weighted by molar-refractivity contribution is 7.44. The van der Waals surface area contributed by atoms with Gasteiger partial charge in [0, 0.05) is 69.3 Å². The lowest BCUT2D eigenvalue weighted by atomic mass is 9.39. The molecule has 0 aliphatic heterocycles. The highest BCUT2D eigenvalue weighted by atomic mass is 31.2. The maximum Gasteiger partial charge on any atom is 0.259 e. The quantitative estimate of drug-likeness (QED) is 0.0469. The zero-order valence-corrected chi connectivity index (χ0v) is 40.3. The van der Waals surface area contributed by atoms with Crippen LogP contribution in [0.25, 0.3) is 0 Å². The van der Waals surface area contributed by atoms with Crippen molar-refractivity contribution in [1.82, 2.24) is 15.3 Å². The summed E-state index contributed by atoms with van der Waals surface area (Å²) in [7, 11) is -1.48. The molecule has 3 rings (SSSR count). The number of carbonyl (C=O) groups is 4. The van der Waals surface area contributed by atoms with Gasteiger partial charge in [0.1, 0.15) is 31.4 Å². The van der Waals surface area contributed by atoms with E-state index < -0.39 is 25.0 Å². The molecule has 0 aromatic rings. The van der Waals surface area contributed by atoms with Crippen molar-refractivity contribution in [3.8, 4) is 43.1 Å². The van der Waals surface area contributed by atoms with E-state index in [9.17, 15) is 24.4 Å². The Hall–Kier alpha value is -3.48. The lowest BCUT2D eigenvalue weighted by Crippen LogP contribution is -2.71. The molecular weight excluding hydrogens is 856 g/mol. The molecule has 1 atom stereocenters. The van der Waals surface area contributed by atoms with Crippen molar-refractivity contribution in [2.24, 2.45) is 10.8 Å². The Balaban J connectivity index is 2.22. The summed E-state index contributed by atoms with van der Waals surface area (Å²) >= 11 is 0. The van der Waals surface area contributed by atoms with Crippen LogP contribution in [0.2, 0.25) is 0 Å². The molecule has 0 heterocycles. The first-order valence-electron chi connectivity index (χ1n) is 22.9. The third-order valence-electron chi connectivity index (χ3n) is 11.3. The molecule has 17 heteroatoms. The van der Waals surface area contributed by atoms with Crippen LogP contribution < -0.4 is 10.6 Å². The number of rotatable bonds is 42. The number of nitriles is 1. The van der Waals surface area contributed by atoms with E-state index in [0.29, 0.717) is 91.2 Å². The summed E-state index contributed by atoms with van der Waals surface area (Å²) < 4.78 is 47.4. The fourth-order valence-electron chi connectivity index (χ4n) is 8.12. The van der Waals surface area contributed by atoms with Crippen molar-refractivity contribution in [1.29, 1.82) is 5.26 Å². The second-order valence-electron chi connectivity index (χ2n) is 17.2. The number of ketones is 2. The molecule has 3 saturated carbocycles. The predicted molar refractivity (Wildman–Crippen MR) is 247 cm³/mol. The number of ether oxygens (including phenoxy) is 6. The Bertz CT molecular complexity index is 1460. The number of amides is 2. The van der Waals surface area contributed by atoms with E-state index >= 15 is 0 Å². The van der Waals surface area contributed by atoms with Crippen molar-refractivity contribution < 1.29 is 56.6 Å². The molecule has 3 aliphatic rings. The van der Waals surface area contributed by atoms with Crippen LogP contribution in [-0.4, -0.2) is 145 Å². The zero-order chi connectivity index (χ0) is 47.8. The summed E-state index contributed by atoms with van der Waals surface area (Å²) in [5, 5.41) is 15.0. The SMILES string of the molecule is C#CCOCCOCCCC(=O)CCC(CCC(=O)NCCOCCOCC#C)(CCC(=O)NCCOCCOCC#C)CC(=O)C12CC(OP(OCCC#N)N(C(C)C)C(C)C)(C1)C2. The molecule has 3 fully saturated rings. The minimum atomic E-state index is -1.48. The predicted octanol–water partition coefficient (Wildman–Crippen LogP) is 5.07. The Morgan fingerprint density at radius 2 is 1.12 bits per heavy atom. The third-order valence-corrected chi connectivity index (χ3v) is 13.5. The summed E-state index contributed by atoms with van der Waals surface area (Å²) in [6.07, 6.45) is 19.6. The summed E-state index contributed by atoms with van der Waals surface area (Å²) in [5.74, 6) is 6.81.